The third-order valence-corrected chi connectivity index (χ3v) is 2.37. The van der Waals surface area contributed by atoms with Crippen LogP contribution in [0.5, 0.6) is 11.9 Å². The Bertz CT molecular complexity index is 524. The molecule has 0 aliphatic rings. The summed E-state index contributed by atoms with van der Waals surface area (Å²) >= 11 is 0. The summed E-state index contributed by atoms with van der Waals surface area (Å²) in [4.78, 5) is 12.3. The minimum absolute atomic E-state index is 0.286. The molecule has 0 aliphatic heterocycles. The molecule has 18 heavy (non-hydrogen) atoms. The molecular weight excluding hydrogens is 232 g/mol. The van der Waals surface area contributed by atoms with Gasteiger partial charge in [0.05, 0.1) is 5.56 Å². The van der Waals surface area contributed by atoms with Crippen molar-refractivity contribution in [3.05, 3.63) is 18.2 Å². The van der Waals surface area contributed by atoms with E-state index in [0.717, 1.165) is 24.3 Å². The molecule has 7 heteroatoms. The number of anilines is 1. The first-order valence-electron chi connectivity index (χ1n) is 5.85. The van der Waals surface area contributed by atoms with E-state index in [1.807, 2.05) is 13.8 Å². The summed E-state index contributed by atoms with van der Waals surface area (Å²) in [6.45, 7) is 4.84. The van der Waals surface area contributed by atoms with Crippen molar-refractivity contribution < 1.29 is 4.74 Å². The zero-order valence-corrected chi connectivity index (χ0v) is 10.7. The highest BCUT2D eigenvalue weighted by molar-refractivity contribution is 5.49. The Morgan fingerprint density at radius 2 is 2.11 bits per heavy atom. The highest BCUT2D eigenvalue weighted by Crippen LogP contribution is 2.25. The van der Waals surface area contributed by atoms with Crippen LogP contribution in [-0.4, -0.2) is 31.3 Å². The van der Waals surface area contributed by atoms with E-state index in [4.69, 9.17) is 4.74 Å². The summed E-state index contributed by atoms with van der Waals surface area (Å²) in [5.74, 6) is 1.29. The first kappa shape index (κ1) is 12.3. The molecule has 0 radical (unpaired) electrons. The lowest BCUT2D eigenvalue weighted by molar-refractivity contribution is 0.416. The molecule has 0 aromatic carbocycles. The molecule has 0 bridgehead atoms. The second kappa shape index (κ2) is 5.44. The van der Waals surface area contributed by atoms with Crippen molar-refractivity contribution in [1.29, 1.82) is 0 Å². The van der Waals surface area contributed by atoms with Crippen molar-refractivity contribution in [3.63, 3.8) is 0 Å². The summed E-state index contributed by atoms with van der Waals surface area (Å²) in [6, 6.07) is 0.286. The summed E-state index contributed by atoms with van der Waals surface area (Å²) in [5.41, 5.74) is 0.923. The zero-order valence-electron chi connectivity index (χ0n) is 10.7. The van der Waals surface area contributed by atoms with Gasteiger partial charge < -0.3 is 10.1 Å². The van der Waals surface area contributed by atoms with Crippen LogP contribution < -0.4 is 10.1 Å². The molecule has 0 unspecified atom stereocenters. The van der Waals surface area contributed by atoms with E-state index >= 15 is 0 Å². The Labute approximate surface area is 105 Å². The molecule has 2 rings (SSSR count). The van der Waals surface area contributed by atoms with E-state index in [1.54, 1.807) is 18.1 Å². The van der Waals surface area contributed by atoms with E-state index in [9.17, 15) is 0 Å². The van der Waals surface area contributed by atoms with Gasteiger partial charge >= 0.3 is 6.01 Å². The molecule has 0 saturated carbocycles. The number of nitrogens with one attached hydrogen (secondary N) is 1. The minimum atomic E-state index is 0.286. The highest BCUT2D eigenvalue weighted by Gasteiger charge is 2.12. The molecule has 0 fully saturated rings. The van der Waals surface area contributed by atoms with Crippen LogP contribution in [0.4, 0.5) is 5.82 Å². The predicted molar refractivity (Wildman–Crippen MR) is 66.7 cm³/mol. The van der Waals surface area contributed by atoms with Gasteiger partial charge in [0.25, 0.3) is 0 Å². The number of hydrogen-bond acceptors (Lipinski definition) is 6. The van der Waals surface area contributed by atoms with E-state index in [-0.39, 0.29) is 6.01 Å². The Kier molecular flexibility index (Phi) is 3.71. The molecule has 7 nitrogen and oxygen atoms in total. The van der Waals surface area contributed by atoms with Crippen molar-refractivity contribution >= 4 is 5.82 Å². The molecule has 0 saturated heterocycles. The van der Waals surface area contributed by atoms with E-state index in [0.29, 0.717) is 5.88 Å². The fourth-order valence-electron chi connectivity index (χ4n) is 1.58. The Morgan fingerprint density at radius 3 is 2.72 bits per heavy atom. The lowest BCUT2D eigenvalue weighted by Crippen LogP contribution is -2.06. The molecule has 96 valence electrons. The second-order valence-electron chi connectivity index (χ2n) is 3.69. The van der Waals surface area contributed by atoms with Gasteiger partial charge in [-0.1, -0.05) is 6.92 Å². The van der Waals surface area contributed by atoms with E-state index in [1.165, 1.54) is 6.33 Å². The van der Waals surface area contributed by atoms with Gasteiger partial charge in [-0.3, -0.25) is 4.68 Å². The van der Waals surface area contributed by atoms with Crippen molar-refractivity contribution in [2.75, 3.05) is 11.9 Å². The van der Waals surface area contributed by atoms with Gasteiger partial charge in [-0.05, 0) is 13.3 Å². The van der Waals surface area contributed by atoms with Gasteiger partial charge in [0.1, 0.15) is 18.5 Å². The summed E-state index contributed by atoms with van der Waals surface area (Å²) in [6.07, 6.45) is 3.81. The van der Waals surface area contributed by atoms with Crippen LogP contribution in [0.15, 0.2) is 12.7 Å². The number of aryl methyl sites for hydroxylation is 1. The predicted octanol–water partition coefficient (Wildman–Crippen LogP) is 1.39. The Balaban J connectivity index is 2.29. The van der Waals surface area contributed by atoms with Crippen LogP contribution in [0.3, 0.4) is 0 Å². The van der Waals surface area contributed by atoms with Crippen LogP contribution in [0.2, 0.25) is 0 Å². The van der Waals surface area contributed by atoms with Crippen LogP contribution in [-0.2, 0) is 13.5 Å². The molecule has 0 amide bonds. The average Bonchev–Trinajstić information content (AvgIpc) is 2.76. The molecule has 2 heterocycles. The SMILES string of the molecule is CCNc1ncnc(Oc2ncn(C)n2)c1CC. The molecule has 1 N–H and O–H groups in total. The number of rotatable bonds is 5. The van der Waals surface area contributed by atoms with Gasteiger partial charge in [-0.25, -0.2) is 9.97 Å². The van der Waals surface area contributed by atoms with Crippen LogP contribution >= 0.6 is 0 Å². The Hall–Kier alpha value is -2.18. The Morgan fingerprint density at radius 1 is 1.28 bits per heavy atom. The monoisotopic (exact) mass is 248 g/mol. The molecule has 2 aromatic heterocycles. The van der Waals surface area contributed by atoms with Gasteiger partial charge in [0.2, 0.25) is 5.88 Å². The van der Waals surface area contributed by atoms with Crippen molar-refractivity contribution in [3.8, 4) is 11.9 Å². The van der Waals surface area contributed by atoms with Crippen molar-refractivity contribution in [2.24, 2.45) is 7.05 Å². The van der Waals surface area contributed by atoms with Crippen LogP contribution in [0.1, 0.15) is 19.4 Å². The van der Waals surface area contributed by atoms with Crippen molar-refractivity contribution in [2.45, 2.75) is 20.3 Å². The van der Waals surface area contributed by atoms with Gasteiger partial charge in [-0.15, -0.1) is 5.10 Å². The third kappa shape index (κ3) is 2.55. The standard InChI is InChI=1S/C11H16N6O/c1-4-8-9(12-5-2)13-6-14-10(8)18-11-15-7-17(3)16-11/h6-7H,4-5H2,1-3H3,(H,12,13,14). The summed E-state index contributed by atoms with van der Waals surface area (Å²) in [5, 5.41) is 7.24. The summed E-state index contributed by atoms with van der Waals surface area (Å²) < 4.78 is 7.15. The largest absolute Gasteiger partial charge is 0.404 e. The van der Waals surface area contributed by atoms with E-state index < -0.39 is 0 Å². The number of ether oxygens (including phenoxy) is 1. The number of hydrogen-bond donors (Lipinski definition) is 1. The van der Waals surface area contributed by atoms with Gasteiger partial charge in [0.15, 0.2) is 0 Å². The maximum atomic E-state index is 5.57. The highest BCUT2D eigenvalue weighted by atomic mass is 16.5. The molecular formula is C11H16N6O. The van der Waals surface area contributed by atoms with Crippen LogP contribution in [0.25, 0.3) is 0 Å². The molecule has 2 aromatic rings. The topological polar surface area (TPSA) is 77.8 Å². The smallest absolute Gasteiger partial charge is 0.342 e. The van der Waals surface area contributed by atoms with Gasteiger partial charge in [-0.2, -0.15) is 4.98 Å². The second-order valence-corrected chi connectivity index (χ2v) is 3.69. The molecule has 0 atom stereocenters. The fourth-order valence-corrected chi connectivity index (χ4v) is 1.58. The normalized spacial score (nSPS) is 10.4. The third-order valence-electron chi connectivity index (χ3n) is 2.37. The molecule has 0 spiro atoms. The van der Waals surface area contributed by atoms with E-state index in [2.05, 4.69) is 25.4 Å². The maximum Gasteiger partial charge on any atom is 0.342 e. The zero-order chi connectivity index (χ0) is 13.0. The average molecular weight is 248 g/mol. The number of nitrogens with zero attached hydrogens (tertiary/aromatic N) is 5. The van der Waals surface area contributed by atoms with Gasteiger partial charge in [0, 0.05) is 13.6 Å². The van der Waals surface area contributed by atoms with Crippen molar-refractivity contribution in [1.82, 2.24) is 24.7 Å². The van der Waals surface area contributed by atoms with Crippen LogP contribution in [0, 0.1) is 0 Å². The lowest BCUT2D eigenvalue weighted by Gasteiger charge is -2.10. The quantitative estimate of drug-likeness (QED) is 0.861. The molecule has 0 aliphatic carbocycles. The number of aromatic nitrogens is 5. The summed E-state index contributed by atoms with van der Waals surface area (Å²) in [7, 11) is 1.78. The maximum absolute atomic E-state index is 5.57. The first-order chi connectivity index (χ1) is 8.74. The minimum Gasteiger partial charge on any atom is -0.404 e. The lowest BCUT2D eigenvalue weighted by atomic mass is 10.2. The first-order valence-corrected chi connectivity index (χ1v) is 5.85. The fraction of sp³-hybridized carbons (Fsp3) is 0.455.